The van der Waals surface area contributed by atoms with Crippen LogP contribution >= 0.6 is 24.0 Å². The van der Waals surface area contributed by atoms with Gasteiger partial charge in [-0.1, -0.05) is 25.1 Å². The highest BCUT2D eigenvalue weighted by molar-refractivity contribution is 8.00. The van der Waals surface area contributed by atoms with Crippen LogP contribution in [0.15, 0.2) is 18.3 Å². The average molecular weight is 309 g/mol. The molecule has 1 heterocycles. The van der Waals surface area contributed by atoms with Crippen LogP contribution in [0.3, 0.4) is 0 Å². The third-order valence-corrected chi connectivity index (χ3v) is 5.45. The van der Waals surface area contributed by atoms with Crippen molar-refractivity contribution in [1.82, 2.24) is 10.3 Å². The van der Waals surface area contributed by atoms with Gasteiger partial charge in [-0.25, -0.2) is 0 Å². The molecule has 1 saturated carbocycles. The van der Waals surface area contributed by atoms with Crippen molar-refractivity contribution < 1.29 is 4.79 Å². The Bertz CT molecular complexity index is 496. The smallest absolute Gasteiger partial charge is 0.269 e. The number of nitrogens with zero attached hydrogens (tertiary/aromatic N) is 1. The number of carbonyl (C=O) groups is 1. The summed E-state index contributed by atoms with van der Waals surface area (Å²) in [4.78, 5) is 16.5. The predicted molar refractivity (Wildman–Crippen MR) is 87.2 cm³/mol. The van der Waals surface area contributed by atoms with Crippen LogP contribution in [-0.4, -0.2) is 33.4 Å². The number of carbonyl (C=O) groups excluding carboxylic acids is 1. The number of pyridine rings is 1. The van der Waals surface area contributed by atoms with Crippen LogP contribution in [0.4, 0.5) is 0 Å². The van der Waals surface area contributed by atoms with Gasteiger partial charge >= 0.3 is 0 Å². The summed E-state index contributed by atoms with van der Waals surface area (Å²) in [6.45, 7) is 0.700. The highest BCUT2D eigenvalue weighted by Crippen LogP contribution is 2.39. The standard InChI is InChI=1S/C14H19N3OS2/c1-20-14(6-2-3-7-14)9-17-13(18)11-5-4-10(8-16-11)12(15)19/h4-5,8H,2-3,6-7,9H2,1H3,(H2,15,19)(H,17,18). The summed E-state index contributed by atoms with van der Waals surface area (Å²) in [6, 6.07) is 3.38. The Morgan fingerprint density at radius 1 is 1.50 bits per heavy atom. The molecule has 0 saturated heterocycles. The van der Waals surface area contributed by atoms with Crippen molar-refractivity contribution in [2.24, 2.45) is 5.73 Å². The Morgan fingerprint density at radius 3 is 2.70 bits per heavy atom. The molecule has 1 amide bonds. The van der Waals surface area contributed by atoms with E-state index < -0.39 is 0 Å². The Balaban J connectivity index is 1.96. The number of hydrogen-bond acceptors (Lipinski definition) is 4. The summed E-state index contributed by atoms with van der Waals surface area (Å²) >= 11 is 6.71. The fourth-order valence-corrected chi connectivity index (χ4v) is 3.51. The maximum Gasteiger partial charge on any atom is 0.269 e. The fourth-order valence-electron chi connectivity index (χ4n) is 2.48. The molecule has 0 aromatic carbocycles. The van der Waals surface area contributed by atoms with Crippen molar-refractivity contribution in [2.45, 2.75) is 30.4 Å². The van der Waals surface area contributed by atoms with Crippen molar-refractivity contribution in [1.29, 1.82) is 0 Å². The topological polar surface area (TPSA) is 68.0 Å². The van der Waals surface area contributed by atoms with Gasteiger partial charge in [0.05, 0.1) is 0 Å². The molecule has 1 aromatic heterocycles. The number of nitrogens with two attached hydrogens (primary N) is 1. The third-order valence-electron chi connectivity index (χ3n) is 3.80. The molecule has 0 spiro atoms. The number of thioether (sulfide) groups is 1. The van der Waals surface area contributed by atoms with Gasteiger partial charge in [-0.2, -0.15) is 11.8 Å². The normalized spacial score (nSPS) is 16.9. The lowest BCUT2D eigenvalue weighted by Gasteiger charge is -2.26. The first kappa shape index (κ1) is 15.3. The summed E-state index contributed by atoms with van der Waals surface area (Å²) in [6.07, 6.45) is 8.49. The molecule has 3 N–H and O–H groups in total. The molecule has 4 nitrogen and oxygen atoms in total. The van der Waals surface area contributed by atoms with Crippen LogP contribution in [0, 0.1) is 0 Å². The van der Waals surface area contributed by atoms with Crippen LogP contribution in [0.2, 0.25) is 0 Å². The van der Waals surface area contributed by atoms with Gasteiger partial charge < -0.3 is 11.1 Å². The molecule has 1 fully saturated rings. The first-order chi connectivity index (χ1) is 9.56. The van der Waals surface area contributed by atoms with E-state index in [9.17, 15) is 4.79 Å². The van der Waals surface area contributed by atoms with E-state index in [2.05, 4.69) is 16.6 Å². The number of aromatic nitrogens is 1. The monoisotopic (exact) mass is 309 g/mol. The van der Waals surface area contributed by atoms with Crippen molar-refractivity contribution in [3.63, 3.8) is 0 Å². The zero-order valence-electron chi connectivity index (χ0n) is 11.5. The van der Waals surface area contributed by atoms with Crippen molar-refractivity contribution in [2.75, 3.05) is 12.8 Å². The quantitative estimate of drug-likeness (QED) is 0.816. The summed E-state index contributed by atoms with van der Waals surface area (Å²) in [5, 5.41) is 2.99. The number of hydrogen-bond donors (Lipinski definition) is 2. The lowest BCUT2D eigenvalue weighted by molar-refractivity contribution is 0.0944. The number of thiocarbonyl (C=S) groups is 1. The highest BCUT2D eigenvalue weighted by atomic mass is 32.2. The zero-order chi connectivity index (χ0) is 14.6. The number of nitrogens with one attached hydrogen (secondary N) is 1. The van der Waals surface area contributed by atoms with E-state index in [0.717, 1.165) is 0 Å². The first-order valence-electron chi connectivity index (χ1n) is 6.65. The first-order valence-corrected chi connectivity index (χ1v) is 8.29. The molecule has 0 radical (unpaired) electrons. The van der Waals surface area contributed by atoms with Gasteiger partial charge in [-0.3, -0.25) is 9.78 Å². The van der Waals surface area contributed by atoms with E-state index in [1.54, 1.807) is 12.1 Å². The summed E-state index contributed by atoms with van der Waals surface area (Å²) in [7, 11) is 0. The van der Waals surface area contributed by atoms with Crippen LogP contribution in [0.5, 0.6) is 0 Å². The van der Waals surface area contributed by atoms with Gasteiger partial charge in [-0.05, 0) is 31.2 Å². The van der Waals surface area contributed by atoms with E-state index in [-0.39, 0.29) is 15.6 Å². The van der Waals surface area contributed by atoms with Crippen LogP contribution in [0.1, 0.15) is 41.7 Å². The lowest BCUT2D eigenvalue weighted by Crippen LogP contribution is -2.38. The number of rotatable bonds is 5. The van der Waals surface area contributed by atoms with Gasteiger partial charge in [-0.15, -0.1) is 0 Å². The van der Waals surface area contributed by atoms with Gasteiger partial charge in [0.2, 0.25) is 0 Å². The molecule has 1 aliphatic carbocycles. The minimum absolute atomic E-state index is 0.139. The molecular formula is C14H19N3OS2. The molecular weight excluding hydrogens is 290 g/mol. The van der Waals surface area contributed by atoms with Crippen molar-refractivity contribution in [3.8, 4) is 0 Å². The molecule has 6 heteroatoms. The molecule has 0 bridgehead atoms. The van der Waals surface area contributed by atoms with E-state index in [4.69, 9.17) is 18.0 Å². The predicted octanol–water partition coefficient (Wildman–Crippen LogP) is 2.12. The highest BCUT2D eigenvalue weighted by Gasteiger charge is 2.33. The molecule has 0 aliphatic heterocycles. The van der Waals surface area contributed by atoms with Crippen molar-refractivity contribution in [3.05, 3.63) is 29.6 Å². The second kappa shape index (κ2) is 6.54. The molecule has 1 aliphatic rings. The molecule has 0 atom stereocenters. The maximum absolute atomic E-state index is 12.1. The summed E-state index contributed by atoms with van der Waals surface area (Å²) < 4.78 is 0.203. The molecule has 20 heavy (non-hydrogen) atoms. The second-order valence-electron chi connectivity index (χ2n) is 5.07. The summed E-state index contributed by atoms with van der Waals surface area (Å²) in [5.41, 5.74) is 6.58. The van der Waals surface area contributed by atoms with Gasteiger partial charge in [0.15, 0.2) is 0 Å². The van der Waals surface area contributed by atoms with E-state index >= 15 is 0 Å². The lowest BCUT2D eigenvalue weighted by atomic mass is 10.1. The van der Waals surface area contributed by atoms with E-state index in [0.29, 0.717) is 17.8 Å². The average Bonchev–Trinajstić information content (AvgIpc) is 2.94. The molecule has 108 valence electrons. The summed E-state index contributed by atoms with van der Waals surface area (Å²) in [5.74, 6) is -0.139. The Morgan fingerprint density at radius 2 is 2.20 bits per heavy atom. The van der Waals surface area contributed by atoms with Gasteiger partial charge in [0, 0.05) is 23.1 Å². The van der Waals surface area contributed by atoms with Crippen LogP contribution in [-0.2, 0) is 0 Å². The van der Waals surface area contributed by atoms with E-state index in [1.165, 1.54) is 31.9 Å². The van der Waals surface area contributed by atoms with Crippen molar-refractivity contribution >= 4 is 34.9 Å². The number of amides is 1. The molecule has 1 aromatic rings. The SMILES string of the molecule is CSC1(CNC(=O)c2ccc(C(N)=S)cn2)CCCC1. The Kier molecular flexibility index (Phi) is 4.99. The van der Waals surface area contributed by atoms with Gasteiger partial charge in [0.1, 0.15) is 10.7 Å². The molecule has 0 unspecified atom stereocenters. The van der Waals surface area contributed by atoms with Crippen LogP contribution < -0.4 is 11.1 Å². The fraction of sp³-hybridized carbons (Fsp3) is 0.500. The Hall–Kier alpha value is -1.14. The van der Waals surface area contributed by atoms with E-state index in [1.807, 2.05) is 11.8 Å². The molecule has 2 rings (SSSR count). The zero-order valence-corrected chi connectivity index (χ0v) is 13.1. The minimum atomic E-state index is -0.139. The second-order valence-corrected chi connectivity index (χ2v) is 6.79. The third kappa shape index (κ3) is 3.49. The largest absolute Gasteiger partial charge is 0.389 e. The maximum atomic E-state index is 12.1. The minimum Gasteiger partial charge on any atom is -0.389 e. The van der Waals surface area contributed by atoms with Crippen LogP contribution in [0.25, 0.3) is 0 Å². The van der Waals surface area contributed by atoms with Gasteiger partial charge in [0.25, 0.3) is 5.91 Å². The Labute approximate surface area is 128 Å².